The summed E-state index contributed by atoms with van der Waals surface area (Å²) < 4.78 is 29.1. The summed E-state index contributed by atoms with van der Waals surface area (Å²) in [7, 11) is 0. The van der Waals surface area contributed by atoms with Crippen molar-refractivity contribution in [3.05, 3.63) is 101 Å². The van der Waals surface area contributed by atoms with Crippen LogP contribution < -0.4 is 18.9 Å². The summed E-state index contributed by atoms with van der Waals surface area (Å²) in [4.78, 5) is 25.8. The molecule has 37 heavy (non-hydrogen) atoms. The minimum Gasteiger partial charge on any atom is -0.486 e. The third kappa shape index (κ3) is 3.67. The predicted octanol–water partition coefficient (Wildman–Crippen LogP) is 5.78. The van der Waals surface area contributed by atoms with Crippen LogP contribution in [0.1, 0.15) is 39.6 Å². The number of carbonyl (C=O) groups is 2. The molecule has 0 bridgehead atoms. The van der Waals surface area contributed by atoms with Gasteiger partial charge < -0.3 is 23.4 Å². The molecule has 4 heterocycles. The van der Waals surface area contributed by atoms with Crippen LogP contribution in [0.2, 0.25) is 0 Å². The Morgan fingerprint density at radius 2 is 1.59 bits per heavy atom. The van der Waals surface area contributed by atoms with Gasteiger partial charge in [-0.3, -0.25) is 9.59 Å². The monoisotopic (exact) mass is 492 g/mol. The Morgan fingerprint density at radius 1 is 0.784 bits per heavy atom. The lowest BCUT2D eigenvalue weighted by atomic mass is 9.88. The number of hydrogen-bond acceptors (Lipinski definition) is 7. The number of carbonyl (C=O) groups excluding carboxylic acids is 2. The minimum atomic E-state index is -0.454. The molecular weight excluding hydrogens is 472 g/mol. The Hall–Kier alpha value is -4.78. The van der Waals surface area contributed by atoms with Gasteiger partial charge in [-0.05, 0) is 48.0 Å². The number of benzene rings is 3. The van der Waals surface area contributed by atoms with Crippen molar-refractivity contribution in [2.24, 2.45) is 0 Å². The standard InChI is InChI=1S/C30H20O7/c31-27-16-20(22-11-10-21(35-22)18-4-2-1-3-5-18)28-24(36-27)9-7-19-29(32)26(37-30(19)28)15-17-6-8-23-25(14-17)34-13-12-33-23/h1-11,14-15,20H,12-13,16H2/b26-15-. The van der Waals surface area contributed by atoms with Crippen molar-refractivity contribution >= 4 is 17.8 Å². The van der Waals surface area contributed by atoms with Gasteiger partial charge in [0.2, 0.25) is 5.78 Å². The molecule has 3 aliphatic heterocycles. The Morgan fingerprint density at radius 3 is 2.46 bits per heavy atom. The van der Waals surface area contributed by atoms with Gasteiger partial charge in [-0.2, -0.15) is 0 Å². The zero-order valence-corrected chi connectivity index (χ0v) is 19.6. The SMILES string of the molecule is O=C1CC(c2ccc(-c3ccccc3)o2)c2c(ccc3c2O/C(=C\c2ccc4c(c2)OCCO4)C3=O)O1. The molecule has 0 spiro atoms. The molecule has 3 aromatic carbocycles. The zero-order chi connectivity index (χ0) is 24.9. The number of Topliss-reactive ketones (excluding diaryl/α,β-unsaturated/α-hetero) is 1. The number of furan rings is 1. The van der Waals surface area contributed by atoms with Gasteiger partial charge >= 0.3 is 5.97 Å². The van der Waals surface area contributed by atoms with Crippen molar-refractivity contribution in [3.8, 4) is 34.3 Å². The second-order valence-corrected chi connectivity index (χ2v) is 9.00. The molecule has 0 saturated carbocycles. The van der Waals surface area contributed by atoms with Crippen molar-refractivity contribution in [3.63, 3.8) is 0 Å². The lowest BCUT2D eigenvalue weighted by molar-refractivity contribution is -0.135. The molecule has 3 aliphatic rings. The normalized spacial score (nSPS) is 18.7. The Balaban J connectivity index is 1.27. The number of hydrogen-bond donors (Lipinski definition) is 0. The third-order valence-electron chi connectivity index (χ3n) is 6.67. The topological polar surface area (TPSA) is 84.2 Å². The molecule has 1 unspecified atom stereocenters. The van der Waals surface area contributed by atoms with Crippen molar-refractivity contribution in [2.45, 2.75) is 12.3 Å². The van der Waals surface area contributed by atoms with Crippen LogP contribution in [-0.4, -0.2) is 25.0 Å². The molecule has 0 amide bonds. The lowest BCUT2D eigenvalue weighted by Crippen LogP contribution is -2.21. The smallest absolute Gasteiger partial charge is 0.312 e. The van der Waals surface area contributed by atoms with Crippen LogP contribution in [0, 0.1) is 0 Å². The molecule has 1 atom stereocenters. The fraction of sp³-hybridized carbons (Fsp3) is 0.133. The van der Waals surface area contributed by atoms with E-state index in [-0.39, 0.29) is 23.9 Å². The van der Waals surface area contributed by atoms with E-state index in [9.17, 15) is 9.59 Å². The van der Waals surface area contributed by atoms with E-state index in [1.165, 1.54) is 0 Å². The van der Waals surface area contributed by atoms with Gasteiger partial charge in [-0.15, -0.1) is 0 Å². The van der Waals surface area contributed by atoms with E-state index in [4.69, 9.17) is 23.4 Å². The Bertz CT molecular complexity index is 1600. The molecule has 7 heteroatoms. The fourth-order valence-corrected chi connectivity index (χ4v) is 4.95. The number of fused-ring (bicyclic) bond motifs is 4. The maximum atomic E-state index is 13.3. The number of rotatable bonds is 3. The number of allylic oxidation sites excluding steroid dienone is 1. The van der Waals surface area contributed by atoms with E-state index in [0.29, 0.717) is 58.9 Å². The molecular formula is C30H20O7. The molecule has 0 saturated heterocycles. The highest BCUT2D eigenvalue weighted by Crippen LogP contribution is 2.49. The molecule has 7 rings (SSSR count). The van der Waals surface area contributed by atoms with Gasteiger partial charge in [-0.1, -0.05) is 36.4 Å². The summed E-state index contributed by atoms with van der Waals surface area (Å²) in [6.45, 7) is 0.975. The quantitative estimate of drug-likeness (QED) is 0.204. The number of esters is 1. The first-order chi connectivity index (χ1) is 18.1. The molecule has 4 aromatic rings. The van der Waals surface area contributed by atoms with Crippen molar-refractivity contribution in [1.29, 1.82) is 0 Å². The van der Waals surface area contributed by atoms with Crippen molar-refractivity contribution in [2.75, 3.05) is 13.2 Å². The van der Waals surface area contributed by atoms with Crippen LogP contribution in [0.15, 0.2) is 83.0 Å². The highest BCUT2D eigenvalue weighted by Gasteiger charge is 2.39. The zero-order valence-electron chi connectivity index (χ0n) is 19.6. The Labute approximate surface area is 211 Å². The van der Waals surface area contributed by atoms with Crippen molar-refractivity contribution < 1.29 is 33.0 Å². The highest BCUT2D eigenvalue weighted by molar-refractivity contribution is 6.15. The average molecular weight is 492 g/mol. The van der Waals surface area contributed by atoms with Crippen LogP contribution in [-0.2, 0) is 4.79 Å². The summed E-state index contributed by atoms with van der Waals surface area (Å²) in [5.74, 6) is 2.46. The average Bonchev–Trinajstić information content (AvgIpc) is 3.54. The predicted molar refractivity (Wildman–Crippen MR) is 133 cm³/mol. The summed E-state index contributed by atoms with van der Waals surface area (Å²) in [6.07, 6.45) is 1.75. The lowest BCUT2D eigenvalue weighted by Gasteiger charge is -2.24. The van der Waals surface area contributed by atoms with Gasteiger partial charge in [0.15, 0.2) is 17.3 Å². The van der Waals surface area contributed by atoms with Crippen molar-refractivity contribution in [1.82, 2.24) is 0 Å². The van der Waals surface area contributed by atoms with Gasteiger partial charge in [0.25, 0.3) is 0 Å². The second-order valence-electron chi connectivity index (χ2n) is 9.00. The van der Waals surface area contributed by atoms with E-state index in [1.54, 1.807) is 18.2 Å². The maximum Gasteiger partial charge on any atom is 0.312 e. The first-order valence-electron chi connectivity index (χ1n) is 12.0. The maximum absolute atomic E-state index is 13.3. The molecule has 1 aromatic heterocycles. The largest absolute Gasteiger partial charge is 0.486 e. The molecule has 0 radical (unpaired) electrons. The first kappa shape index (κ1) is 21.5. The number of ether oxygens (including phenoxy) is 4. The fourth-order valence-electron chi connectivity index (χ4n) is 4.95. The van der Waals surface area contributed by atoms with E-state index in [2.05, 4.69) is 0 Å². The van der Waals surface area contributed by atoms with Gasteiger partial charge in [0, 0.05) is 11.1 Å². The van der Waals surface area contributed by atoms with Crippen LogP contribution in [0.5, 0.6) is 23.0 Å². The van der Waals surface area contributed by atoms with Gasteiger partial charge in [-0.25, -0.2) is 0 Å². The van der Waals surface area contributed by atoms with Crippen LogP contribution >= 0.6 is 0 Å². The van der Waals surface area contributed by atoms with E-state index in [0.717, 1.165) is 11.1 Å². The van der Waals surface area contributed by atoms with Gasteiger partial charge in [0.1, 0.15) is 36.2 Å². The first-order valence-corrected chi connectivity index (χ1v) is 12.0. The second kappa shape index (κ2) is 8.41. The summed E-state index contributed by atoms with van der Waals surface area (Å²) in [6, 6.07) is 22.2. The highest BCUT2D eigenvalue weighted by atomic mass is 16.6. The molecule has 0 fully saturated rings. The number of ketones is 1. The molecule has 182 valence electrons. The molecule has 0 aliphatic carbocycles. The van der Waals surface area contributed by atoms with Crippen LogP contribution in [0.25, 0.3) is 17.4 Å². The van der Waals surface area contributed by atoms with Crippen LogP contribution in [0.3, 0.4) is 0 Å². The minimum absolute atomic E-state index is 0.0734. The van der Waals surface area contributed by atoms with E-state index < -0.39 is 5.92 Å². The van der Waals surface area contributed by atoms with E-state index in [1.807, 2.05) is 60.7 Å². The molecule has 7 nitrogen and oxygen atoms in total. The third-order valence-corrected chi connectivity index (χ3v) is 6.67. The van der Waals surface area contributed by atoms with E-state index >= 15 is 0 Å². The van der Waals surface area contributed by atoms with Crippen LogP contribution in [0.4, 0.5) is 0 Å². The Kier molecular flexibility index (Phi) is 4.89. The summed E-state index contributed by atoms with van der Waals surface area (Å²) in [5, 5.41) is 0. The summed E-state index contributed by atoms with van der Waals surface area (Å²) in [5.41, 5.74) is 2.72. The summed E-state index contributed by atoms with van der Waals surface area (Å²) >= 11 is 0. The molecule has 0 N–H and O–H groups in total. The van der Waals surface area contributed by atoms with Gasteiger partial charge in [0.05, 0.1) is 17.9 Å².